The lowest BCUT2D eigenvalue weighted by atomic mass is 9.77. The van der Waals surface area contributed by atoms with Crippen molar-refractivity contribution in [3.63, 3.8) is 0 Å². The summed E-state index contributed by atoms with van der Waals surface area (Å²) in [6, 6.07) is 15.2. The molecule has 2 aliphatic carbocycles. The van der Waals surface area contributed by atoms with Gasteiger partial charge in [0.15, 0.2) is 0 Å². The van der Waals surface area contributed by atoms with Gasteiger partial charge in [-0.25, -0.2) is 0 Å². The van der Waals surface area contributed by atoms with E-state index in [2.05, 4.69) is 75.7 Å². The minimum absolute atomic E-state index is 0.109. The van der Waals surface area contributed by atoms with E-state index in [1.165, 1.54) is 78.0 Å². The fraction of sp³-hybridized carbons (Fsp3) is 0.536. The second-order valence-corrected chi connectivity index (χ2v) is 11.5. The number of carbonyl (C=O) groups is 1. The highest BCUT2D eigenvalue weighted by atomic mass is 127. The maximum atomic E-state index is 12.9. The van der Waals surface area contributed by atoms with Gasteiger partial charge in [-0.1, -0.05) is 63.1 Å². The lowest BCUT2D eigenvalue weighted by molar-refractivity contribution is -0.117. The third kappa shape index (κ3) is 5.22. The third-order valence-electron chi connectivity index (χ3n) is 7.89. The highest BCUT2D eigenvalue weighted by molar-refractivity contribution is 14.1. The second-order valence-electron chi connectivity index (χ2n) is 10.3. The van der Waals surface area contributed by atoms with Crippen LogP contribution < -0.4 is 10.6 Å². The highest BCUT2D eigenvalue weighted by Crippen LogP contribution is 2.48. The molecule has 2 N–H and O–H groups in total. The Morgan fingerprint density at radius 3 is 2.31 bits per heavy atom. The van der Waals surface area contributed by atoms with Crippen LogP contribution in [0.2, 0.25) is 0 Å². The van der Waals surface area contributed by atoms with E-state index < -0.39 is 0 Å². The standard InChI is InChI=1S/C28H35IN2O/c29-23-11-8-20(9-12-23)25-17-26(25)27(32)31-24-13-10-21-19-30-28(18-22(21)16-24)14-6-4-2-1-3-5-7-15-28/h8-13,16,25-26,30H,1-7,14-15,17-19H2,(H,31,32). The molecule has 170 valence electrons. The molecule has 1 spiro atoms. The van der Waals surface area contributed by atoms with Crippen molar-refractivity contribution in [3.05, 3.63) is 62.7 Å². The first-order chi connectivity index (χ1) is 15.6. The normalized spacial score (nSPS) is 25.0. The molecular weight excluding hydrogens is 507 g/mol. The van der Waals surface area contributed by atoms with Crippen LogP contribution >= 0.6 is 22.6 Å². The van der Waals surface area contributed by atoms with Crippen LogP contribution in [-0.2, 0) is 17.8 Å². The van der Waals surface area contributed by atoms with Crippen molar-refractivity contribution in [2.24, 2.45) is 5.92 Å². The van der Waals surface area contributed by atoms with Crippen LogP contribution in [0.5, 0.6) is 0 Å². The van der Waals surface area contributed by atoms with Crippen molar-refractivity contribution in [1.82, 2.24) is 5.32 Å². The molecule has 2 fully saturated rings. The van der Waals surface area contributed by atoms with Crippen LogP contribution in [0.3, 0.4) is 0 Å². The number of hydrogen-bond donors (Lipinski definition) is 2. The fourth-order valence-electron chi connectivity index (χ4n) is 5.84. The molecule has 0 saturated heterocycles. The van der Waals surface area contributed by atoms with Crippen LogP contribution in [0.25, 0.3) is 0 Å². The molecule has 1 aliphatic heterocycles. The monoisotopic (exact) mass is 542 g/mol. The Kier molecular flexibility index (Phi) is 6.89. The maximum Gasteiger partial charge on any atom is 0.228 e. The van der Waals surface area contributed by atoms with Crippen LogP contribution in [0.15, 0.2) is 42.5 Å². The van der Waals surface area contributed by atoms with Gasteiger partial charge in [-0.3, -0.25) is 4.79 Å². The van der Waals surface area contributed by atoms with E-state index in [1.54, 1.807) is 0 Å². The number of carbonyl (C=O) groups excluding carboxylic acids is 1. The number of anilines is 1. The SMILES string of the molecule is O=C(Nc1ccc2c(c1)CC1(CCCCCCCCC1)NC2)C1CC1c1ccc(I)cc1. The van der Waals surface area contributed by atoms with Crippen LogP contribution in [0, 0.1) is 9.49 Å². The van der Waals surface area contributed by atoms with Gasteiger partial charge in [-0.15, -0.1) is 0 Å². The zero-order valence-corrected chi connectivity index (χ0v) is 21.1. The highest BCUT2D eigenvalue weighted by Gasteiger charge is 2.44. The molecule has 0 bridgehead atoms. The molecule has 32 heavy (non-hydrogen) atoms. The first kappa shape index (κ1) is 22.4. The first-order valence-electron chi connectivity index (χ1n) is 12.6. The molecule has 3 aliphatic rings. The topological polar surface area (TPSA) is 41.1 Å². The summed E-state index contributed by atoms with van der Waals surface area (Å²) >= 11 is 2.33. The van der Waals surface area contributed by atoms with Crippen LogP contribution in [0.4, 0.5) is 5.69 Å². The minimum atomic E-state index is 0.109. The molecule has 5 rings (SSSR count). The Balaban J connectivity index is 1.24. The minimum Gasteiger partial charge on any atom is -0.326 e. The largest absolute Gasteiger partial charge is 0.326 e. The quantitative estimate of drug-likeness (QED) is 0.413. The van der Waals surface area contributed by atoms with E-state index in [4.69, 9.17) is 0 Å². The molecule has 2 saturated carbocycles. The van der Waals surface area contributed by atoms with Crippen LogP contribution in [0.1, 0.15) is 86.8 Å². The van der Waals surface area contributed by atoms with Crippen LogP contribution in [-0.4, -0.2) is 11.4 Å². The van der Waals surface area contributed by atoms with Gasteiger partial charge >= 0.3 is 0 Å². The molecule has 1 heterocycles. The Labute approximate surface area is 206 Å². The zero-order valence-electron chi connectivity index (χ0n) is 19.0. The van der Waals surface area contributed by atoms with Gasteiger partial charge in [-0.05, 0) is 95.1 Å². The summed E-state index contributed by atoms with van der Waals surface area (Å²) in [5.41, 5.74) is 5.34. The van der Waals surface area contributed by atoms with Crippen molar-refractivity contribution in [3.8, 4) is 0 Å². The van der Waals surface area contributed by atoms with Gasteiger partial charge in [0, 0.05) is 27.3 Å². The smallest absolute Gasteiger partial charge is 0.228 e. The first-order valence-corrected chi connectivity index (χ1v) is 13.6. The summed E-state index contributed by atoms with van der Waals surface area (Å²) in [7, 11) is 0. The fourth-order valence-corrected chi connectivity index (χ4v) is 6.20. The van der Waals surface area contributed by atoms with Gasteiger partial charge in [-0.2, -0.15) is 0 Å². The number of benzene rings is 2. The van der Waals surface area contributed by atoms with E-state index in [0.29, 0.717) is 5.92 Å². The van der Waals surface area contributed by atoms with E-state index in [0.717, 1.165) is 25.1 Å². The molecule has 2 unspecified atom stereocenters. The van der Waals surface area contributed by atoms with E-state index in [-0.39, 0.29) is 17.4 Å². The molecule has 3 nitrogen and oxygen atoms in total. The summed E-state index contributed by atoms with van der Waals surface area (Å²) in [5.74, 6) is 0.660. The summed E-state index contributed by atoms with van der Waals surface area (Å²) in [4.78, 5) is 12.9. The second kappa shape index (κ2) is 9.84. The van der Waals surface area contributed by atoms with E-state index in [1.807, 2.05) is 0 Å². The van der Waals surface area contributed by atoms with Crippen molar-refractivity contribution >= 4 is 34.2 Å². The Bertz CT molecular complexity index is 944. The third-order valence-corrected chi connectivity index (χ3v) is 8.61. The van der Waals surface area contributed by atoms with Gasteiger partial charge in [0.25, 0.3) is 0 Å². The summed E-state index contributed by atoms with van der Waals surface area (Å²) in [6.45, 7) is 0.959. The zero-order chi connectivity index (χ0) is 22.0. The Morgan fingerprint density at radius 2 is 1.59 bits per heavy atom. The molecule has 2 aromatic rings. The molecule has 0 radical (unpaired) electrons. The molecule has 0 aromatic heterocycles. The number of rotatable bonds is 3. The average molecular weight is 543 g/mol. The van der Waals surface area contributed by atoms with Crippen molar-refractivity contribution < 1.29 is 4.79 Å². The average Bonchev–Trinajstić information content (AvgIpc) is 3.60. The number of fused-ring (bicyclic) bond motifs is 1. The number of amides is 1. The lowest BCUT2D eigenvalue weighted by Gasteiger charge is -2.40. The van der Waals surface area contributed by atoms with Gasteiger partial charge in [0.1, 0.15) is 0 Å². The molecule has 4 heteroatoms. The summed E-state index contributed by atoms with van der Waals surface area (Å²) in [6.07, 6.45) is 14.2. The summed E-state index contributed by atoms with van der Waals surface area (Å²) < 4.78 is 1.24. The lowest BCUT2D eigenvalue weighted by Crippen LogP contribution is -2.50. The van der Waals surface area contributed by atoms with E-state index >= 15 is 0 Å². The van der Waals surface area contributed by atoms with E-state index in [9.17, 15) is 4.79 Å². The molecule has 1 amide bonds. The molecule has 2 aromatic carbocycles. The van der Waals surface area contributed by atoms with Gasteiger partial charge in [0.2, 0.25) is 5.91 Å². The number of halogens is 1. The maximum absolute atomic E-state index is 12.9. The van der Waals surface area contributed by atoms with Gasteiger partial charge < -0.3 is 10.6 Å². The summed E-state index contributed by atoms with van der Waals surface area (Å²) in [5, 5.41) is 7.17. The number of nitrogens with one attached hydrogen (secondary N) is 2. The van der Waals surface area contributed by atoms with Crippen molar-refractivity contribution in [2.45, 2.75) is 88.6 Å². The predicted octanol–water partition coefficient (Wildman–Crippen LogP) is 6.94. The number of hydrogen-bond acceptors (Lipinski definition) is 2. The van der Waals surface area contributed by atoms with Gasteiger partial charge in [0.05, 0.1) is 0 Å². The Hall–Kier alpha value is -1.40. The molecule has 2 atom stereocenters. The van der Waals surface area contributed by atoms with Crippen molar-refractivity contribution in [2.75, 3.05) is 5.32 Å². The molecular formula is C28H35IN2O. The predicted molar refractivity (Wildman–Crippen MR) is 140 cm³/mol. The Morgan fingerprint density at radius 1 is 0.906 bits per heavy atom. The van der Waals surface area contributed by atoms with Crippen molar-refractivity contribution in [1.29, 1.82) is 0 Å².